The van der Waals surface area contributed by atoms with Gasteiger partial charge in [0.1, 0.15) is 22.8 Å². The van der Waals surface area contributed by atoms with Gasteiger partial charge >= 0.3 is 6.20 Å². The van der Waals surface area contributed by atoms with Crippen LogP contribution in [0.1, 0.15) is 13.8 Å². The molecule has 0 aliphatic heterocycles. The first-order valence-corrected chi connectivity index (χ1v) is 6.98. The first-order chi connectivity index (χ1) is 3.81. The lowest BCUT2D eigenvalue weighted by molar-refractivity contribution is 0.603. The summed E-state index contributed by atoms with van der Waals surface area (Å²) in [5, 5.41) is 0. The molecular formula is C4H10OPS2+. The summed E-state index contributed by atoms with van der Waals surface area (Å²) < 4.78 is 10.7. The highest BCUT2D eigenvalue weighted by Crippen LogP contribution is 2.49. The van der Waals surface area contributed by atoms with Crippen LogP contribution in [0.15, 0.2) is 0 Å². The number of hydrogen-bond acceptors (Lipinski definition) is 3. The molecule has 0 amide bonds. The van der Waals surface area contributed by atoms with Crippen LogP contribution in [-0.4, -0.2) is 11.5 Å². The predicted molar refractivity (Wildman–Crippen MR) is 43.9 cm³/mol. The molecular weight excluding hydrogens is 159 g/mol. The standard InChI is InChI=1S/C4H10OPS2/c1-3-7-6(5)8-4-2/h3-4H2,1-2H3/q+1. The molecule has 0 bridgehead atoms. The Morgan fingerprint density at radius 3 is 1.88 bits per heavy atom. The van der Waals surface area contributed by atoms with E-state index < -0.39 is 6.20 Å². The fourth-order valence-corrected chi connectivity index (χ4v) is 4.80. The number of hydrogen-bond donors (Lipinski definition) is 0. The molecule has 0 radical (unpaired) electrons. The smallest absolute Gasteiger partial charge is 0.0521 e. The van der Waals surface area contributed by atoms with Gasteiger partial charge in [-0.15, -0.1) is 0 Å². The van der Waals surface area contributed by atoms with Crippen LogP contribution in [0.2, 0.25) is 0 Å². The average molecular weight is 169 g/mol. The van der Waals surface area contributed by atoms with Gasteiger partial charge in [-0.3, -0.25) is 0 Å². The summed E-state index contributed by atoms with van der Waals surface area (Å²) in [7, 11) is 0. The zero-order valence-electron chi connectivity index (χ0n) is 5.09. The Hall–Kier alpha value is 0.800. The van der Waals surface area contributed by atoms with Crippen molar-refractivity contribution in [1.82, 2.24) is 0 Å². The SMILES string of the molecule is CCS[P+](=O)SCC. The van der Waals surface area contributed by atoms with E-state index in [9.17, 15) is 4.57 Å². The summed E-state index contributed by atoms with van der Waals surface area (Å²) in [6.07, 6.45) is -0.997. The van der Waals surface area contributed by atoms with Gasteiger partial charge in [0.25, 0.3) is 0 Å². The van der Waals surface area contributed by atoms with Crippen molar-refractivity contribution in [2.75, 3.05) is 11.5 Å². The molecule has 0 aliphatic rings. The van der Waals surface area contributed by atoms with Gasteiger partial charge in [0.05, 0.1) is 0 Å². The van der Waals surface area contributed by atoms with Crippen LogP contribution in [0.5, 0.6) is 0 Å². The minimum atomic E-state index is -0.997. The molecule has 0 rings (SSSR count). The molecule has 0 heterocycles. The Balaban J connectivity index is 3.06. The van der Waals surface area contributed by atoms with Gasteiger partial charge in [0.2, 0.25) is 0 Å². The molecule has 0 aliphatic carbocycles. The quantitative estimate of drug-likeness (QED) is 0.602. The summed E-state index contributed by atoms with van der Waals surface area (Å²) in [5.41, 5.74) is 0. The van der Waals surface area contributed by atoms with Gasteiger partial charge < -0.3 is 0 Å². The minimum absolute atomic E-state index is 0.961. The lowest BCUT2D eigenvalue weighted by atomic mass is 11.0. The van der Waals surface area contributed by atoms with Crippen molar-refractivity contribution in [1.29, 1.82) is 0 Å². The first-order valence-electron chi connectivity index (χ1n) is 2.54. The Kier molecular flexibility index (Phi) is 6.52. The summed E-state index contributed by atoms with van der Waals surface area (Å²) in [5.74, 6) is 1.92. The van der Waals surface area contributed by atoms with Gasteiger partial charge in [0.15, 0.2) is 0 Å². The van der Waals surface area contributed by atoms with Crippen molar-refractivity contribution in [3.8, 4) is 0 Å². The molecule has 8 heavy (non-hydrogen) atoms. The van der Waals surface area contributed by atoms with Crippen LogP contribution in [0, 0.1) is 0 Å². The minimum Gasteiger partial charge on any atom is -0.0521 e. The predicted octanol–water partition coefficient (Wildman–Crippen LogP) is 3.15. The largest absolute Gasteiger partial charge is 0.483 e. The average Bonchev–Trinajstić information content (AvgIpc) is 1.68. The van der Waals surface area contributed by atoms with E-state index in [0.717, 1.165) is 11.5 Å². The zero-order chi connectivity index (χ0) is 6.41. The van der Waals surface area contributed by atoms with E-state index in [1.165, 1.54) is 22.8 Å². The first kappa shape index (κ1) is 8.80. The summed E-state index contributed by atoms with van der Waals surface area (Å²) in [6.45, 7) is 4.04. The van der Waals surface area contributed by atoms with Crippen molar-refractivity contribution < 1.29 is 4.57 Å². The van der Waals surface area contributed by atoms with E-state index in [2.05, 4.69) is 0 Å². The molecule has 0 atom stereocenters. The van der Waals surface area contributed by atoms with E-state index in [1.54, 1.807) is 0 Å². The molecule has 0 aromatic rings. The Labute approximate surface area is 59.3 Å². The molecule has 1 nitrogen and oxygen atoms in total. The maximum absolute atomic E-state index is 10.7. The van der Waals surface area contributed by atoms with Crippen LogP contribution >= 0.6 is 29.0 Å². The van der Waals surface area contributed by atoms with E-state index in [-0.39, 0.29) is 0 Å². The maximum atomic E-state index is 10.7. The van der Waals surface area contributed by atoms with Gasteiger partial charge in [-0.05, 0) is 4.57 Å². The van der Waals surface area contributed by atoms with Crippen molar-refractivity contribution in [2.45, 2.75) is 13.8 Å². The molecule has 0 unspecified atom stereocenters. The molecule has 0 spiro atoms. The lowest BCUT2D eigenvalue weighted by Crippen LogP contribution is -1.57. The van der Waals surface area contributed by atoms with Gasteiger partial charge in [-0.2, -0.15) is 0 Å². The van der Waals surface area contributed by atoms with E-state index >= 15 is 0 Å². The lowest BCUT2D eigenvalue weighted by Gasteiger charge is -1.74. The van der Waals surface area contributed by atoms with Crippen LogP contribution in [0.25, 0.3) is 0 Å². The van der Waals surface area contributed by atoms with Crippen LogP contribution in [0.3, 0.4) is 0 Å². The second-order valence-corrected chi connectivity index (χ2v) is 7.41. The molecule has 0 fully saturated rings. The topological polar surface area (TPSA) is 17.1 Å². The van der Waals surface area contributed by atoms with Crippen LogP contribution < -0.4 is 0 Å². The van der Waals surface area contributed by atoms with E-state index in [0.29, 0.717) is 0 Å². The van der Waals surface area contributed by atoms with Gasteiger partial charge in [-0.1, -0.05) is 13.8 Å². The fourth-order valence-electron chi connectivity index (χ4n) is 0.248. The van der Waals surface area contributed by atoms with E-state index in [1.807, 2.05) is 13.8 Å². The van der Waals surface area contributed by atoms with Gasteiger partial charge in [-0.25, -0.2) is 0 Å². The number of rotatable bonds is 4. The molecule has 0 aromatic heterocycles. The normalized spacial score (nSPS) is 9.25. The van der Waals surface area contributed by atoms with Crippen LogP contribution in [-0.2, 0) is 4.57 Å². The third-order valence-electron chi connectivity index (χ3n) is 0.469. The molecule has 0 aromatic carbocycles. The Morgan fingerprint density at radius 1 is 1.25 bits per heavy atom. The molecule has 0 N–H and O–H groups in total. The van der Waals surface area contributed by atoms with E-state index in [4.69, 9.17) is 0 Å². The molecule has 0 saturated carbocycles. The molecule has 48 valence electrons. The second kappa shape index (κ2) is 5.93. The fraction of sp³-hybridized carbons (Fsp3) is 1.00. The van der Waals surface area contributed by atoms with Crippen molar-refractivity contribution in [2.24, 2.45) is 0 Å². The highest BCUT2D eigenvalue weighted by atomic mass is 33.1. The molecule has 4 heteroatoms. The zero-order valence-corrected chi connectivity index (χ0v) is 7.61. The van der Waals surface area contributed by atoms with Crippen molar-refractivity contribution >= 4 is 29.0 Å². The third kappa shape index (κ3) is 4.95. The second-order valence-electron chi connectivity index (χ2n) is 1.06. The summed E-state index contributed by atoms with van der Waals surface area (Å²) in [6, 6.07) is 0. The highest BCUT2D eigenvalue weighted by Gasteiger charge is 2.15. The van der Waals surface area contributed by atoms with Crippen LogP contribution in [0.4, 0.5) is 0 Å². The monoisotopic (exact) mass is 169 g/mol. The van der Waals surface area contributed by atoms with Crippen molar-refractivity contribution in [3.63, 3.8) is 0 Å². The highest BCUT2D eigenvalue weighted by molar-refractivity contribution is 8.84. The Morgan fingerprint density at radius 2 is 1.62 bits per heavy atom. The Bertz CT molecular complexity index is 68.4. The van der Waals surface area contributed by atoms with Gasteiger partial charge in [0, 0.05) is 11.5 Å². The van der Waals surface area contributed by atoms with Crippen molar-refractivity contribution in [3.05, 3.63) is 0 Å². The summed E-state index contributed by atoms with van der Waals surface area (Å²) >= 11 is 3.06. The maximum Gasteiger partial charge on any atom is 0.483 e. The third-order valence-corrected chi connectivity index (χ3v) is 6.12. The molecule has 0 saturated heterocycles. The summed E-state index contributed by atoms with van der Waals surface area (Å²) in [4.78, 5) is 0.